The number of benzene rings is 2. The Balaban J connectivity index is 1.76. The predicted molar refractivity (Wildman–Crippen MR) is 106 cm³/mol. The monoisotopic (exact) mass is 358 g/mol. The predicted octanol–water partition coefficient (Wildman–Crippen LogP) is 6.21. The molecule has 0 spiro atoms. The summed E-state index contributed by atoms with van der Waals surface area (Å²) in [5.41, 5.74) is 1.93. The average molecular weight is 358 g/mol. The van der Waals surface area contributed by atoms with Crippen LogP contribution in [0.5, 0.6) is 11.5 Å². The topological polar surface area (TPSA) is 18.5 Å². The summed E-state index contributed by atoms with van der Waals surface area (Å²) < 4.78 is 25.6. The van der Waals surface area contributed by atoms with Crippen LogP contribution in [0.15, 0.2) is 42.5 Å². The fraction of sp³-hybridized carbons (Fsp3) is 0.478. The van der Waals surface area contributed by atoms with Gasteiger partial charge >= 0.3 is 0 Å². The van der Waals surface area contributed by atoms with E-state index in [2.05, 4.69) is 33.8 Å². The van der Waals surface area contributed by atoms with Crippen molar-refractivity contribution in [3.63, 3.8) is 0 Å². The third-order valence-electron chi connectivity index (χ3n) is 4.27. The highest BCUT2D eigenvalue weighted by atomic mass is 19.1. The van der Waals surface area contributed by atoms with E-state index in [1.165, 1.54) is 11.6 Å². The van der Waals surface area contributed by atoms with Gasteiger partial charge in [-0.1, -0.05) is 32.9 Å². The lowest BCUT2D eigenvalue weighted by molar-refractivity contribution is 0.250. The van der Waals surface area contributed by atoms with Crippen LogP contribution in [0.25, 0.3) is 0 Å². The molecule has 2 aromatic rings. The van der Waals surface area contributed by atoms with Gasteiger partial charge in [0.25, 0.3) is 0 Å². The number of ether oxygens (including phenoxy) is 2. The Kier molecular flexibility index (Phi) is 7.96. The Bertz CT molecular complexity index is 682. The number of hydrogen-bond donors (Lipinski definition) is 0. The number of rotatable bonds is 10. The zero-order valence-corrected chi connectivity index (χ0v) is 16.4. The first-order valence-electron chi connectivity index (χ1n) is 9.54. The lowest BCUT2D eigenvalue weighted by atomic mass is 10.0. The van der Waals surface area contributed by atoms with Gasteiger partial charge in [0.1, 0.15) is 17.3 Å². The number of aryl methyl sites for hydroxylation is 2. The lowest BCUT2D eigenvalue weighted by Gasteiger charge is -2.14. The normalized spacial score (nSPS) is 12.2. The Morgan fingerprint density at radius 3 is 2.38 bits per heavy atom. The molecule has 26 heavy (non-hydrogen) atoms. The maximum atomic E-state index is 14.0. The van der Waals surface area contributed by atoms with Gasteiger partial charge in [-0.2, -0.15) is 0 Å². The van der Waals surface area contributed by atoms with Gasteiger partial charge in [0.05, 0.1) is 13.2 Å². The maximum Gasteiger partial charge on any atom is 0.126 e. The molecule has 0 bridgehead atoms. The van der Waals surface area contributed by atoms with E-state index >= 15 is 0 Å². The van der Waals surface area contributed by atoms with E-state index in [9.17, 15) is 4.39 Å². The molecule has 0 saturated carbocycles. The molecule has 3 heteroatoms. The quantitative estimate of drug-likeness (QED) is 0.503. The van der Waals surface area contributed by atoms with Crippen molar-refractivity contribution < 1.29 is 13.9 Å². The van der Waals surface area contributed by atoms with Crippen molar-refractivity contribution in [2.24, 2.45) is 11.8 Å². The molecule has 1 unspecified atom stereocenters. The van der Waals surface area contributed by atoms with Crippen LogP contribution in [0.1, 0.15) is 44.7 Å². The molecule has 2 rings (SSSR count). The van der Waals surface area contributed by atoms with E-state index in [4.69, 9.17) is 9.47 Å². The Morgan fingerprint density at radius 2 is 1.65 bits per heavy atom. The highest BCUT2D eigenvalue weighted by molar-refractivity contribution is 5.30. The van der Waals surface area contributed by atoms with E-state index in [1.807, 2.05) is 24.3 Å². The summed E-state index contributed by atoms with van der Waals surface area (Å²) in [6.07, 6.45) is 2.66. The summed E-state index contributed by atoms with van der Waals surface area (Å²) in [6.45, 7) is 9.77. The molecular formula is C23H31FO2. The number of hydrogen-bond acceptors (Lipinski definition) is 2. The second kappa shape index (κ2) is 10.2. The van der Waals surface area contributed by atoms with Gasteiger partial charge in [-0.15, -0.1) is 0 Å². The molecule has 0 aliphatic carbocycles. The van der Waals surface area contributed by atoms with Crippen molar-refractivity contribution in [2.45, 2.75) is 47.0 Å². The summed E-state index contributed by atoms with van der Waals surface area (Å²) in [5.74, 6) is 2.41. The van der Waals surface area contributed by atoms with Crippen molar-refractivity contribution in [3.8, 4) is 11.5 Å². The zero-order chi connectivity index (χ0) is 18.9. The molecule has 0 aliphatic heterocycles. The van der Waals surface area contributed by atoms with Gasteiger partial charge in [-0.3, -0.25) is 0 Å². The molecular weight excluding hydrogens is 327 g/mol. The summed E-state index contributed by atoms with van der Waals surface area (Å²) in [7, 11) is 0. The van der Waals surface area contributed by atoms with Gasteiger partial charge < -0.3 is 9.47 Å². The molecule has 0 saturated heterocycles. The molecule has 0 heterocycles. The van der Waals surface area contributed by atoms with Gasteiger partial charge in [0.2, 0.25) is 0 Å². The van der Waals surface area contributed by atoms with Crippen LogP contribution in [0.3, 0.4) is 0 Å². The molecule has 0 amide bonds. The standard InChI is InChI=1S/C23H31FO2/c1-17(2)15-25-22-11-12-23(24)20(14-22)9-5-8-19(4)16-26-21-10-6-7-18(3)13-21/h6-7,10-14,17,19H,5,8-9,15-16H2,1-4H3. The van der Waals surface area contributed by atoms with Crippen LogP contribution in [0.4, 0.5) is 4.39 Å². The van der Waals surface area contributed by atoms with Crippen LogP contribution < -0.4 is 9.47 Å². The SMILES string of the molecule is Cc1cccc(OCC(C)CCCc2cc(OCC(C)C)ccc2F)c1. The molecule has 0 N–H and O–H groups in total. The third kappa shape index (κ3) is 7.07. The van der Waals surface area contributed by atoms with Crippen molar-refractivity contribution in [1.82, 2.24) is 0 Å². The molecule has 2 aromatic carbocycles. The zero-order valence-electron chi connectivity index (χ0n) is 16.4. The van der Waals surface area contributed by atoms with Crippen LogP contribution in [0.2, 0.25) is 0 Å². The first-order chi connectivity index (χ1) is 12.4. The lowest BCUT2D eigenvalue weighted by Crippen LogP contribution is -2.09. The van der Waals surface area contributed by atoms with E-state index < -0.39 is 0 Å². The largest absolute Gasteiger partial charge is 0.493 e. The first-order valence-corrected chi connectivity index (χ1v) is 9.54. The Morgan fingerprint density at radius 1 is 0.923 bits per heavy atom. The summed E-state index contributed by atoms with van der Waals surface area (Å²) in [4.78, 5) is 0. The molecule has 1 atom stereocenters. The van der Waals surface area contributed by atoms with E-state index in [0.29, 0.717) is 25.0 Å². The average Bonchev–Trinajstić information content (AvgIpc) is 2.60. The van der Waals surface area contributed by atoms with Gasteiger partial charge in [-0.05, 0) is 79.5 Å². The van der Waals surface area contributed by atoms with Crippen molar-refractivity contribution >= 4 is 0 Å². The van der Waals surface area contributed by atoms with E-state index in [-0.39, 0.29) is 5.82 Å². The first kappa shape index (κ1) is 20.3. The fourth-order valence-electron chi connectivity index (χ4n) is 2.76. The Hall–Kier alpha value is -2.03. The summed E-state index contributed by atoms with van der Waals surface area (Å²) in [5, 5.41) is 0. The van der Waals surface area contributed by atoms with Crippen molar-refractivity contribution in [2.75, 3.05) is 13.2 Å². The Labute approximate surface area is 157 Å². The van der Waals surface area contributed by atoms with Gasteiger partial charge in [-0.25, -0.2) is 4.39 Å². The molecule has 2 nitrogen and oxygen atoms in total. The van der Waals surface area contributed by atoms with E-state index in [0.717, 1.165) is 36.3 Å². The molecule has 0 aliphatic rings. The number of halogens is 1. The molecule has 142 valence electrons. The van der Waals surface area contributed by atoms with E-state index in [1.54, 1.807) is 6.07 Å². The molecule has 0 fully saturated rings. The van der Waals surface area contributed by atoms with Crippen LogP contribution in [0, 0.1) is 24.6 Å². The minimum Gasteiger partial charge on any atom is -0.493 e. The van der Waals surface area contributed by atoms with Crippen molar-refractivity contribution in [1.29, 1.82) is 0 Å². The van der Waals surface area contributed by atoms with Crippen LogP contribution in [-0.4, -0.2) is 13.2 Å². The third-order valence-corrected chi connectivity index (χ3v) is 4.27. The van der Waals surface area contributed by atoms with Gasteiger partial charge in [0.15, 0.2) is 0 Å². The minimum absolute atomic E-state index is 0.148. The maximum absolute atomic E-state index is 14.0. The highest BCUT2D eigenvalue weighted by Gasteiger charge is 2.08. The van der Waals surface area contributed by atoms with Crippen molar-refractivity contribution in [3.05, 3.63) is 59.4 Å². The fourth-order valence-corrected chi connectivity index (χ4v) is 2.76. The smallest absolute Gasteiger partial charge is 0.126 e. The second-order valence-electron chi connectivity index (χ2n) is 7.58. The summed E-state index contributed by atoms with van der Waals surface area (Å²) in [6, 6.07) is 13.2. The van der Waals surface area contributed by atoms with Crippen LogP contribution >= 0.6 is 0 Å². The highest BCUT2D eigenvalue weighted by Crippen LogP contribution is 2.21. The van der Waals surface area contributed by atoms with Gasteiger partial charge in [0, 0.05) is 0 Å². The molecule has 0 radical (unpaired) electrons. The van der Waals surface area contributed by atoms with Crippen LogP contribution in [-0.2, 0) is 6.42 Å². The summed E-state index contributed by atoms with van der Waals surface area (Å²) >= 11 is 0. The second-order valence-corrected chi connectivity index (χ2v) is 7.58. The molecule has 0 aromatic heterocycles. The minimum atomic E-state index is -0.148.